The van der Waals surface area contributed by atoms with Crippen LogP contribution in [0.25, 0.3) is 0 Å². The van der Waals surface area contributed by atoms with Gasteiger partial charge >= 0.3 is 104 Å². The zero-order chi connectivity index (χ0) is 10.9. The van der Waals surface area contributed by atoms with E-state index in [2.05, 4.69) is 76.8 Å². The van der Waals surface area contributed by atoms with Crippen molar-refractivity contribution in [1.29, 1.82) is 0 Å². The third-order valence-corrected chi connectivity index (χ3v) is 3.68. The van der Waals surface area contributed by atoms with Gasteiger partial charge in [-0.3, -0.25) is 0 Å². The smallest absolute Gasteiger partial charge is 1.00 e. The Morgan fingerprint density at radius 1 is 1.00 bits per heavy atom. The fourth-order valence-corrected chi connectivity index (χ4v) is 2.53. The molecule has 0 N–H and O–H groups in total. The largest absolute Gasteiger partial charge is 1.00 e. The minimum Gasteiger partial charge on any atom is -1.00 e. The van der Waals surface area contributed by atoms with Crippen LogP contribution in [0.15, 0.2) is 42.5 Å². The molecule has 1 aromatic rings. The first-order valence-corrected chi connectivity index (χ1v) is 6.05. The number of benzene rings is 1. The topological polar surface area (TPSA) is 0 Å². The Kier molecular flexibility index (Phi) is 9.67. The molecule has 1 aliphatic rings. The van der Waals surface area contributed by atoms with Crippen LogP contribution >= 0.6 is 0 Å². The maximum Gasteiger partial charge on any atom is -1.00 e. The van der Waals surface area contributed by atoms with Crippen LogP contribution in [-0.4, -0.2) is 0 Å². The van der Waals surface area contributed by atoms with Gasteiger partial charge in [0.15, 0.2) is 0 Å². The maximum atomic E-state index is 2.31. The van der Waals surface area contributed by atoms with Gasteiger partial charge in [-0.25, -0.2) is 0 Å². The molecule has 0 nitrogen and oxygen atoms in total. The molecule has 0 aliphatic heterocycles. The Balaban J connectivity index is 0. The van der Waals surface area contributed by atoms with Crippen molar-refractivity contribution in [3.63, 3.8) is 0 Å². The molecule has 4 heteroatoms. The third-order valence-electron chi connectivity index (χ3n) is 2.89. The predicted octanol–water partition coefficient (Wildman–Crippen LogP) is -5.31. The first-order chi connectivity index (χ1) is 7.09. The normalized spacial score (nSPS) is 14.4. The molecule has 96 valence electrons. The summed E-state index contributed by atoms with van der Waals surface area (Å²) in [7, 11) is 0. The SMILES string of the molecule is Cc1ccc(C)c(C[C]2([Ti+3])C=CC=C2)c1.[Cl-].[Cl-].[Cl-]. The number of allylic oxidation sites excluding steroid dienone is 4. The van der Waals surface area contributed by atoms with Crippen molar-refractivity contribution in [2.75, 3.05) is 0 Å². The van der Waals surface area contributed by atoms with Crippen molar-refractivity contribution in [3.8, 4) is 0 Å². The first-order valence-electron chi connectivity index (χ1n) is 5.27. The van der Waals surface area contributed by atoms with Gasteiger partial charge in [-0.2, -0.15) is 0 Å². The summed E-state index contributed by atoms with van der Waals surface area (Å²) in [6.45, 7) is 4.35. The van der Waals surface area contributed by atoms with Gasteiger partial charge in [0.1, 0.15) is 0 Å². The fraction of sp³-hybridized carbons (Fsp3) is 0.286. The quantitative estimate of drug-likeness (QED) is 0.473. The molecule has 0 radical (unpaired) electrons. The molecular formula is C14H15Cl3Ti. The van der Waals surface area contributed by atoms with E-state index in [9.17, 15) is 0 Å². The van der Waals surface area contributed by atoms with Crippen LogP contribution in [0, 0.1) is 13.8 Å². The van der Waals surface area contributed by atoms with E-state index in [4.69, 9.17) is 0 Å². The van der Waals surface area contributed by atoms with Crippen LogP contribution in [0.2, 0.25) is 3.72 Å². The average Bonchev–Trinajstić information content (AvgIpc) is 2.59. The fourth-order valence-electron chi connectivity index (χ4n) is 1.93. The van der Waals surface area contributed by atoms with Crippen molar-refractivity contribution in [3.05, 3.63) is 59.2 Å². The van der Waals surface area contributed by atoms with E-state index < -0.39 is 0 Å². The standard InChI is InChI=1S/C14H15.3ClH.Ti/c1-11-7-8-12(2)14(9-11)10-13-5-3-4-6-13;;;;/h3-9H,10H2,1-2H3;3*1H;/q;;;;+3/p-3. The Morgan fingerprint density at radius 2 is 1.56 bits per heavy atom. The molecule has 0 amide bonds. The number of halogens is 3. The zero-order valence-electron chi connectivity index (χ0n) is 10.4. The molecule has 0 spiro atoms. The summed E-state index contributed by atoms with van der Waals surface area (Å²) in [6.07, 6.45) is 9.97. The minimum absolute atomic E-state index is 0. The van der Waals surface area contributed by atoms with Gasteiger partial charge in [0.25, 0.3) is 0 Å². The molecule has 18 heavy (non-hydrogen) atoms. The van der Waals surface area contributed by atoms with Gasteiger partial charge in [0, 0.05) is 0 Å². The molecule has 0 fully saturated rings. The van der Waals surface area contributed by atoms with Crippen LogP contribution in [-0.2, 0) is 26.9 Å². The summed E-state index contributed by atoms with van der Waals surface area (Å²) in [5.41, 5.74) is 4.22. The van der Waals surface area contributed by atoms with Crippen molar-refractivity contribution in [2.24, 2.45) is 0 Å². The van der Waals surface area contributed by atoms with Crippen LogP contribution in [0.3, 0.4) is 0 Å². The van der Waals surface area contributed by atoms with Gasteiger partial charge in [-0.05, 0) is 0 Å². The third kappa shape index (κ3) is 5.11. The molecule has 0 saturated carbocycles. The van der Waals surface area contributed by atoms with E-state index in [0.29, 0.717) is 0 Å². The Labute approximate surface area is 140 Å². The molecule has 1 aliphatic carbocycles. The van der Waals surface area contributed by atoms with Crippen LogP contribution < -0.4 is 37.2 Å². The van der Waals surface area contributed by atoms with Gasteiger partial charge < -0.3 is 37.2 Å². The van der Waals surface area contributed by atoms with Crippen molar-refractivity contribution >= 4 is 0 Å². The number of aryl methyl sites for hydroxylation is 2. The van der Waals surface area contributed by atoms with Crippen molar-refractivity contribution in [2.45, 2.75) is 24.0 Å². The summed E-state index contributed by atoms with van der Waals surface area (Å²) in [6, 6.07) is 6.71. The first kappa shape index (κ1) is 20.6. The van der Waals surface area contributed by atoms with Crippen molar-refractivity contribution < 1.29 is 57.7 Å². The Morgan fingerprint density at radius 3 is 2.11 bits per heavy atom. The molecule has 0 unspecified atom stereocenters. The second kappa shape index (κ2) is 8.45. The second-order valence-electron chi connectivity index (χ2n) is 4.37. The Hall–Kier alpha value is 0.284. The van der Waals surface area contributed by atoms with E-state index in [-0.39, 0.29) is 40.9 Å². The molecule has 0 heterocycles. The molecule has 0 bridgehead atoms. The number of hydrogen-bond acceptors (Lipinski definition) is 0. The van der Waals surface area contributed by atoms with Crippen LogP contribution in [0.4, 0.5) is 0 Å². The number of hydrogen-bond donors (Lipinski definition) is 0. The molecule has 0 atom stereocenters. The van der Waals surface area contributed by atoms with E-state index >= 15 is 0 Å². The average molecular weight is 338 g/mol. The van der Waals surface area contributed by atoms with Crippen molar-refractivity contribution in [1.82, 2.24) is 0 Å². The zero-order valence-corrected chi connectivity index (χ0v) is 14.2. The van der Waals surface area contributed by atoms with Gasteiger partial charge in [0.05, 0.1) is 0 Å². The summed E-state index contributed by atoms with van der Waals surface area (Å²) in [4.78, 5) is 0. The van der Waals surface area contributed by atoms with E-state index in [1.165, 1.54) is 16.7 Å². The number of rotatable bonds is 2. The summed E-state index contributed by atoms with van der Waals surface area (Å²) < 4.78 is 0.221. The minimum atomic E-state index is 0. The molecule has 2 rings (SSSR count). The molecular weight excluding hydrogens is 322 g/mol. The molecule has 0 aromatic heterocycles. The van der Waals surface area contributed by atoms with Gasteiger partial charge in [0.2, 0.25) is 0 Å². The van der Waals surface area contributed by atoms with Gasteiger partial charge in [-0.15, -0.1) is 0 Å². The Bertz CT molecular complexity index is 427. The van der Waals surface area contributed by atoms with Crippen LogP contribution in [0.1, 0.15) is 16.7 Å². The van der Waals surface area contributed by atoms with Gasteiger partial charge in [-0.1, -0.05) is 0 Å². The molecule has 1 aromatic carbocycles. The summed E-state index contributed by atoms with van der Waals surface area (Å²) in [5.74, 6) is 0. The van der Waals surface area contributed by atoms with Crippen LogP contribution in [0.5, 0.6) is 0 Å². The molecule has 0 saturated heterocycles. The van der Waals surface area contributed by atoms with E-state index in [1.807, 2.05) is 0 Å². The predicted molar refractivity (Wildman–Crippen MR) is 60.6 cm³/mol. The second-order valence-corrected chi connectivity index (χ2v) is 5.82. The van der Waals surface area contributed by atoms with E-state index in [0.717, 1.165) is 6.42 Å². The summed E-state index contributed by atoms with van der Waals surface area (Å²) >= 11 is 2.29. The van der Waals surface area contributed by atoms with E-state index in [1.54, 1.807) is 0 Å². The monoisotopic (exact) mass is 336 g/mol. The maximum absolute atomic E-state index is 2.31. The summed E-state index contributed by atoms with van der Waals surface area (Å²) in [5, 5.41) is 0.